The highest BCUT2D eigenvalue weighted by atomic mass is 79.9. The summed E-state index contributed by atoms with van der Waals surface area (Å²) < 4.78 is 8.17. The molecule has 0 atom stereocenters. The van der Waals surface area contributed by atoms with Gasteiger partial charge in [-0.25, -0.2) is 0 Å². The largest absolute Gasteiger partial charge is 0.487 e. The van der Waals surface area contributed by atoms with Gasteiger partial charge in [0.2, 0.25) is 0 Å². The van der Waals surface area contributed by atoms with E-state index >= 15 is 0 Å². The molecule has 0 aliphatic rings. The maximum absolute atomic E-state index is 10.7. The van der Waals surface area contributed by atoms with Gasteiger partial charge in [-0.1, -0.05) is 6.07 Å². The fraction of sp³-hybridized carbons (Fsp3) is 0.250. The summed E-state index contributed by atoms with van der Waals surface area (Å²) in [6.45, 7) is 2.18. The second-order valence-electron chi connectivity index (χ2n) is 4.01. The second kappa shape index (κ2) is 5.40. The Bertz CT molecular complexity index is 625. The van der Waals surface area contributed by atoms with Crippen molar-refractivity contribution < 1.29 is 9.66 Å². The van der Waals surface area contributed by atoms with E-state index < -0.39 is 4.92 Å². The van der Waals surface area contributed by atoms with E-state index in [1.807, 2.05) is 14.0 Å². The van der Waals surface area contributed by atoms with Crippen LogP contribution in [0.1, 0.15) is 11.4 Å². The lowest BCUT2D eigenvalue weighted by Gasteiger charge is -2.06. The number of hydrogen-bond donors (Lipinski definition) is 0. The first-order chi connectivity index (χ1) is 8.99. The van der Waals surface area contributed by atoms with Gasteiger partial charge < -0.3 is 4.74 Å². The third kappa shape index (κ3) is 2.93. The van der Waals surface area contributed by atoms with E-state index in [-0.39, 0.29) is 5.69 Å². The summed E-state index contributed by atoms with van der Waals surface area (Å²) in [4.78, 5) is 10.2. The summed E-state index contributed by atoms with van der Waals surface area (Å²) in [6.07, 6.45) is 0. The van der Waals surface area contributed by atoms with Gasteiger partial charge in [0.1, 0.15) is 12.4 Å². The average Bonchev–Trinajstić information content (AvgIpc) is 2.61. The van der Waals surface area contributed by atoms with Crippen molar-refractivity contribution in [2.24, 2.45) is 7.05 Å². The fourth-order valence-electron chi connectivity index (χ4n) is 1.68. The van der Waals surface area contributed by atoms with Crippen LogP contribution in [0.4, 0.5) is 5.69 Å². The Balaban J connectivity index is 2.14. The molecule has 0 aliphatic heterocycles. The molecule has 1 aromatic heterocycles. The number of rotatable bonds is 4. The first kappa shape index (κ1) is 13.5. The Morgan fingerprint density at radius 3 is 2.84 bits per heavy atom. The molecule has 0 saturated heterocycles. The molecule has 0 fully saturated rings. The van der Waals surface area contributed by atoms with Crippen LogP contribution in [-0.2, 0) is 13.7 Å². The van der Waals surface area contributed by atoms with Crippen molar-refractivity contribution in [1.29, 1.82) is 0 Å². The summed E-state index contributed by atoms with van der Waals surface area (Å²) in [5.74, 6) is 0.458. The minimum Gasteiger partial charge on any atom is -0.487 e. The summed E-state index contributed by atoms with van der Waals surface area (Å²) in [7, 11) is 1.82. The Kier molecular flexibility index (Phi) is 3.84. The minimum atomic E-state index is -0.447. The van der Waals surface area contributed by atoms with Crippen LogP contribution in [0.25, 0.3) is 0 Å². The summed E-state index contributed by atoms with van der Waals surface area (Å²) in [5.41, 5.74) is 1.77. The zero-order chi connectivity index (χ0) is 14.0. The van der Waals surface area contributed by atoms with Crippen LogP contribution < -0.4 is 4.74 Å². The Labute approximate surface area is 118 Å². The molecule has 0 spiro atoms. The molecule has 2 rings (SSSR count). The zero-order valence-electron chi connectivity index (χ0n) is 10.5. The number of aryl methyl sites for hydroxylation is 2. The topological polar surface area (TPSA) is 70.2 Å². The van der Waals surface area contributed by atoms with Crippen molar-refractivity contribution in [3.63, 3.8) is 0 Å². The van der Waals surface area contributed by atoms with Gasteiger partial charge in [-0.15, -0.1) is 0 Å². The van der Waals surface area contributed by atoms with Gasteiger partial charge in [-0.2, -0.15) is 5.10 Å². The molecule has 0 aliphatic carbocycles. The molecule has 2 aromatic rings. The molecule has 1 aromatic carbocycles. The van der Waals surface area contributed by atoms with Gasteiger partial charge in [-0.05, 0) is 28.9 Å². The minimum absolute atomic E-state index is 0.0118. The van der Waals surface area contributed by atoms with Crippen molar-refractivity contribution in [2.45, 2.75) is 13.5 Å². The summed E-state index contributed by atoms with van der Waals surface area (Å²) in [6, 6.07) is 6.11. The highest BCUT2D eigenvalue weighted by Gasteiger charge is 2.12. The van der Waals surface area contributed by atoms with Crippen molar-refractivity contribution in [3.8, 4) is 5.75 Å². The van der Waals surface area contributed by atoms with E-state index in [0.717, 1.165) is 15.9 Å². The van der Waals surface area contributed by atoms with E-state index in [1.54, 1.807) is 16.8 Å². The van der Waals surface area contributed by atoms with E-state index in [9.17, 15) is 10.1 Å². The molecule has 0 radical (unpaired) electrons. The molecule has 7 heteroatoms. The number of benzene rings is 1. The Hall–Kier alpha value is -1.89. The lowest BCUT2D eigenvalue weighted by atomic mass is 10.3. The molecule has 0 saturated carbocycles. The van der Waals surface area contributed by atoms with Gasteiger partial charge in [0.05, 0.1) is 26.9 Å². The number of non-ortho nitro benzene ring substituents is 1. The molecular formula is C12H12BrN3O3. The number of halogens is 1. The van der Waals surface area contributed by atoms with Crippen molar-refractivity contribution in [3.05, 3.63) is 50.2 Å². The van der Waals surface area contributed by atoms with Crippen LogP contribution in [0.5, 0.6) is 5.75 Å². The number of nitro groups is 1. The van der Waals surface area contributed by atoms with Crippen LogP contribution >= 0.6 is 15.9 Å². The molecular weight excluding hydrogens is 314 g/mol. The quantitative estimate of drug-likeness (QED) is 0.640. The van der Waals surface area contributed by atoms with Crippen molar-refractivity contribution in [1.82, 2.24) is 9.78 Å². The van der Waals surface area contributed by atoms with Crippen molar-refractivity contribution in [2.75, 3.05) is 0 Å². The maximum Gasteiger partial charge on any atom is 0.273 e. The van der Waals surface area contributed by atoms with Crippen LogP contribution in [-0.4, -0.2) is 14.7 Å². The number of hydrogen-bond acceptors (Lipinski definition) is 4. The lowest BCUT2D eigenvalue weighted by molar-refractivity contribution is -0.384. The highest BCUT2D eigenvalue weighted by Crippen LogP contribution is 2.24. The first-order valence-corrected chi connectivity index (χ1v) is 6.33. The third-order valence-corrected chi connectivity index (χ3v) is 3.70. The molecule has 0 N–H and O–H groups in total. The SMILES string of the molecule is Cc1nn(C)c(COc2cccc([N+](=O)[O-])c2)c1Br. The monoisotopic (exact) mass is 325 g/mol. The molecule has 1 heterocycles. The van der Waals surface area contributed by atoms with Crippen LogP contribution in [0, 0.1) is 17.0 Å². The molecule has 0 unspecified atom stereocenters. The summed E-state index contributed by atoms with van der Waals surface area (Å²) >= 11 is 3.44. The van der Waals surface area contributed by atoms with E-state index in [2.05, 4.69) is 21.0 Å². The maximum atomic E-state index is 10.7. The predicted molar refractivity (Wildman–Crippen MR) is 73.1 cm³/mol. The molecule has 0 bridgehead atoms. The number of aromatic nitrogens is 2. The van der Waals surface area contributed by atoms with E-state index in [0.29, 0.717) is 12.4 Å². The van der Waals surface area contributed by atoms with Gasteiger partial charge >= 0.3 is 0 Å². The smallest absolute Gasteiger partial charge is 0.273 e. The molecule has 0 amide bonds. The highest BCUT2D eigenvalue weighted by molar-refractivity contribution is 9.10. The molecule has 6 nitrogen and oxygen atoms in total. The van der Waals surface area contributed by atoms with Crippen LogP contribution in [0.3, 0.4) is 0 Å². The van der Waals surface area contributed by atoms with Gasteiger partial charge in [-0.3, -0.25) is 14.8 Å². The number of nitrogens with zero attached hydrogens (tertiary/aromatic N) is 3. The van der Waals surface area contributed by atoms with Crippen LogP contribution in [0.2, 0.25) is 0 Å². The number of ether oxygens (including phenoxy) is 1. The third-order valence-electron chi connectivity index (χ3n) is 2.67. The molecule has 19 heavy (non-hydrogen) atoms. The van der Waals surface area contributed by atoms with E-state index in [1.165, 1.54) is 12.1 Å². The normalized spacial score (nSPS) is 10.5. The Morgan fingerprint density at radius 2 is 2.26 bits per heavy atom. The van der Waals surface area contributed by atoms with E-state index in [4.69, 9.17) is 4.74 Å². The molecule has 100 valence electrons. The predicted octanol–water partition coefficient (Wildman–Crippen LogP) is 2.98. The summed E-state index contributed by atoms with van der Waals surface area (Å²) in [5, 5.41) is 14.9. The van der Waals surface area contributed by atoms with Gasteiger partial charge in [0.25, 0.3) is 5.69 Å². The van der Waals surface area contributed by atoms with Gasteiger partial charge in [0.15, 0.2) is 0 Å². The standard InChI is InChI=1S/C12H12BrN3O3/c1-8-12(13)11(15(2)14-8)7-19-10-5-3-4-9(6-10)16(17)18/h3-6H,7H2,1-2H3. The van der Waals surface area contributed by atoms with Gasteiger partial charge in [0, 0.05) is 13.1 Å². The van der Waals surface area contributed by atoms with Crippen molar-refractivity contribution >= 4 is 21.6 Å². The number of nitro benzene ring substituents is 1. The second-order valence-corrected chi connectivity index (χ2v) is 4.81. The zero-order valence-corrected chi connectivity index (χ0v) is 12.0. The Morgan fingerprint density at radius 1 is 1.53 bits per heavy atom. The average molecular weight is 326 g/mol. The first-order valence-electron chi connectivity index (χ1n) is 5.54. The lowest BCUT2D eigenvalue weighted by Crippen LogP contribution is -2.03. The fourth-order valence-corrected chi connectivity index (χ4v) is 2.13. The van der Waals surface area contributed by atoms with Crippen LogP contribution in [0.15, 0.2) is 28.7 Å².